The van der Waals surface area contributed by atoms with Gasteiger partial charge in [0.15, 0.2) is 12.4 Å². The zero-order valence-corrected chi connectivity index (χ0v) is 35.2. The Labute approximate surface area is 335 Å². The van der Waals surface area contributed by atoms with Gasteiger partial charge in [0.05, 0.1) is 13.2 Å². The Morgan fingerprint density at radius 1 is 0.545 bits per heavy atom. The van der Waals surface area contributed by atoms with Gasteiger partial charge in [0.25, 0.3) is 0 Å². The molecule has 0 aromatic rings. The molecule has 2 unspecified atom stereocenters. The molecule has 0 aromatic carbocycles. The molecule has 0 bridgehead atoms. The van der Waals surface area contributed by atoms with E-state index in [0.29, 0.717) is 6.42 Å². The molecule has 4 N–H and O–H groups in total. The standard InChI is InChI=1S/C45H84O10/c1-3-5-7-9-11-13-15-17-19-21-23-25-27-29-31-33-40(47)52-36-38(37-53-45-44(51)43(50)42(49)39(35-46)55-45)54-41(48)34-32-30-28-26-24-22-20-18-16-14-12-10-8-6-4-2/h13,15,38-39,42-46,49-51H,3-12,14,16-37H2,1-2H3/b15-13+/t38-,39-,42+,43?,44?,45-/m0/s1. The fourth-order valence-corrected chi connectivity index (χ4v) is 7.01. The maximum Gasteiger partial charge on any atom is 0.306 e. The number of esters is 2. The molecule has 0 radical (unpaired) electrons. The largest absolute Gasteiger partial charge is 0.462 e. The number of ether oxygens (including phenoxy) is 4. The van der Waals surface area contributed by atoms with E-state index in [9.17, 15) is 30.0 Å². The normalized spacial score (nSPS) is 20.6. The van der Waals surface area contributed by atoms with Crippen LogP contribution in [0.5, 0.6) is 0 Å². The average molecular weight is 785 g/mol. The van der Waals surface area contributed by atoms with Gasteiger partial charge in [0.2, 0.25) is 0 Å². The van der Waals surface area contributed by atoms with Gasteiger partial charge in [-0.05, 0) is 38.5 Å². The van der Waals surface area contributed by atoms with Crippen LogP contribution in [0, 0.1) is 0 Å². The highest BCUT2D eigenvalue weighted by Gasteiger charge is 2.44. The SMILES string of the molecule is CCCCCC/C=C/CCCCCCCCCC(=O)OC[C@@H](CO[C@H]1O[C@@H](CO)[C@@H](O)C(O)C1O)OC(=O)CCCCCCCCCCCCCCCCC. The van der Waals surface area contributed by atoms with Crippen LogP contribution in [-0.4, -0.2) is 89.0 Å². The summed E-state index contributed by atoms with van der Waals surface area (Å²) in [4.78, 5) is 25.3. The smallest absolute Gasteiger partial charge is 0.306 e. The number of allylic oxidation sites excluding steroid dienone is 2. The molecule has 0 amide bonds. The lowest BCUT2D eigenvalue weighted by molar-refractivity contribution is -0.305. The van der Waals surface area contributed by atoms with Gasteiger partial charge in [-0.3, -0.25) is 9.59 Å². The summed E-state index contributed by atoms with van der Waals surface area (Å²) in [5.41, 5.74) is 0. The second kappa shape index (κ2) is 36.8. The second-order valence-corrected chi connectivity index (χ2v) is 15.9. The molecule has 6 atom stereocenters. The molecule has 1 aliphatic heterocycles. The van der Waals surface area contributed by atoms with Gasteiger partial charge in [-0.15, -0.1) is 0 Å². The molecule has 0 saturated carbocycles. The van der Waals surface area contributed by atoms with Gasteiger partial charge in [-0.2, -0.15) is 0 Å². The molecule has 1 rings (SSSR count). The predicted molar refractivity (Wildman–Crippen MR) is 220 cm³/mol. The van der Waals surface area contributed by atoms with Crippen molar-refractivity contribution in [2.24, 2.45) is 0 Å². The molecular weight excluding hydrogens is 700 g/mol. The molecular formula is C45H84O10. The number of hydrogen-bond acceptors (Lipinski definition) is 10. The minimum Gasteiger partial charge on any atom is -0.462 e. The maximum atomic E-state index is 12.8. The summed E-state index contributed by atoms with van der Waals surface area (Å²) in [6.45, 7) is 3.42. The predicted octanol–water partition coefficient (Wildman–Crippen LogP) is 9.56. The van der Waals surface area contributed by atoms with E-state index in [1.807, 2.05) is 0 Å². The first-order valence-corrected chi connectivity index (χ1v) is 22.8. The van der Waals surface area contributed by atoms with Gasteiger partial charge in [0, 0.05) is 12.8 Å². The first kappa shape index (κ1) is 51.5. The third kappa shape index (κ3) is 28.5. The molecule has 1 aliphatic rings. The summed E-state index contributed by atoms with van der Waals surface area (Å²) in [5, 5.41) is 40.1. The average Bonchev–Trinajstić information content (AvgIpc) is 3.18. The fourth-order valence-electron chi connectivity index (χ4n) is 7.01. The molecule has 0 aliphatic carbocycles. The number of carbonyl (C=O) groups is 2. The number of aliphatic hydroxyl groups is 4. The first-order chi connectivity index (χ1) is 26.8. The van der Waals surface area contributed by atoms with Crippen molar-refractivity contribution in [3.05, 3.63) is 12.2 Å². The van der Waals surface area contributed by atoms with Crippen molar-refractivity contribution < 1.29 is 49.0 Å². The monoisotopic (exact) mass is 785 g/mol. The molecule has 10 heteroatoms. The first-order valence-electron chi connectivity index (χ1n) is 22.8. The van der Waals surface area contributed by atoms with Crippen LogP contribution in [0.15, 0.2) is 12.2 Å². The van der Waals surface area contributed by atoms with Crippen LogP contribution in [0.3, 0.4) is 0 Å². The van der Waals surface area contributed by atoms with Crippen LogP contribution in [0.25, 0.3) is 0 Å². The zero-order valence-electron chi connectivity index (χ0n) is 35.2. The second-order valence-electron chi connectivity index (χ2n) is 15.9. The molecule has 1 heterocycles. The lowest BCUT2D eigenvalue weighted by Crippen LogP contribution is -2.59. The summed E-state index contributed by atoms with van der Waals surface area (Å²) >= 11 is 0. The van der Waals surface area contributed by atoms with Crippen molar-refractivity contribution in [1.82, 2.24) is 0 Å². The summed E-state index contributed by atoms with van der Waals surface area (Å²) in [6, 6.07) is 0. The Balaban J connectivity index is 2.32. The van der Waals surface area contributed by atoms with Gasteiger partial charge >= 0.3 is 11.9 Å². The molecule has 1 saturated heterocycles. The van der Waals surface area contributed by atoms with E-state index in [2.05, 4.69) is 26.0 Å². The summed E-state index contributed by atoms with van der Waals surface area (Å²) in [5.74, 6) is -0.802. The summed E-state index contributed by atoms with van der Waals surface area (Å²) in [6.07, 6.45) is 30.7. The van der Waals surface area contributed by atoms with E-state index in [4.69, 9.17) is 18.9 Å². The van der Waals surface area contributed by atoms with E-state index in [1.165, 1.54) is 122 Å². The van der Waals surface area contributed by atoms with Gasteiger partial charge in [-0.25, -0.2) is 0 Å². The van der Waals surface area contributed by atoms with E-state index in [0.717, 1.165) is 51.4 Å². The summed E-state index contributed by atoms with van der Waals surface area (Å²) in [7, 11) is 0. The quantitative estimate of drug-likeness (QED) is 0.0271. The van der Waals surface area contributed by atoms with E-state index in [-0.39, 0.29) is 32.0 Å². The van der Waals surface area contributed by atoms with Gasteiger partial charge in [-0.1, -0.05) is 167 Å². The van der Waals surface area contributed by atoms with Crippen molar-refractivity contribution in [2.75, 3.05) is 19.8 Å². The third-order valence-corrected chi connectivity index (χ3v) is 10.7. The van der Waals surface area contributed by atoms with E-state index < -0.39 is 49.4 Å². The minimum absolute atomic E-state index is 0.214. The Morgan fingerprint density at radius 2 is 0.964 bits per heavy atom. The van der Waals surface area contributed by atoms with Crippen molar-refractivity contribution in [3.63, 3.8) is 0 Å². The van der Waals surface area contributed by atoms with Crippen LogP contribution < -0.4 is 0 Å². The molecule has 0 aromatic heterocycles. The number of aliphatic hydroxyl groups excluding tert-OH is 4. The minimum atomic E-state index is -1.59. The highest BCUT2D eigenvalue weighted by molar-refractivity contribution is 5.70. The van der Waals surface area contributed by atoms with Crippen LogP contribution >= 0.6 is 0 Å². The Kier molecular flexibility index (Phi) is 34.4. The van der Waals surface area contributed by atoms with Gasteiger partial charge < -0.3 is 39.4 Å². The highest BCUT2D eigenvalue weighted by atomic mass is 16.7. The van der Waals surface area contributed by atoms with Crippen molar-refractivity contribution >= 4 is 11.9 Å². The lowest BCUT2D eigenvalue weighted by Gasteiger charge is -2.39. The Bertz CT molecular complexity index is 912. The zero-order chi connectivity index (χ0) is 40.2. The van der Waals surface area contributed by atoms with Crippen LogP contribution in [0.1, 0.15) is 206 Å². The topological polar surface area (TPSA) is 152 Å². The van der Waals surface area contributed by atoms with Crippen LogP contribution in [-0.2, 0) is 28.5 Å². The molecule has 55 heavy (non-hydrogen) atoms. The van der Waals surface area contributed by atoms with E-state index in [1.54, 1.807) is 0 Å². The molecule has 324 valence electrons. The Morgan fingerprint density at radius 3 is 1.44 bits per heavy atom. The lowest BCUT2D eigenvalue weighted by atomic mass is 9.99. The number of unbranched alkanes of at least 4 members (excludes halogenated alkanes) is 25. The maximum absolute atomic E-state index is 12.8. The fraction of sp³-hybridized carbons (Fsp3) is 0.911. The number of hydrogen-bond donors (Lipinski definition) is 4. The number of rotatable bonds is 38. The molecule has 0 spiro atoms. The number of carbonyl (C=O) groups excluding carboxylic acids is 2. The van der Waals surface area contributed by atoms with E-state index >= 15 is 0 Å². The van der Waals surface area contributed by atoms with Gasteiger partial charge in [0.1, 0.15) is 31.0 Å². The molecule has 10 nitrogen and oxygen atoms in total. The van der Waals surface area contributed by atoms with Crippen molar-refractivity contribution in [2.45, 2.75) is 243 Å². The van der Waals surface area contributed by atoms with Crippen molar-refractivity contribution in [1.29, 1.82) is 0 Å². The summed E-state index contributed by atoms with van der Waals surface area (Å²) < 4.78 is 22.2. The Hall–Kier alpha value is -1.56. The van der Waals surface area contributed by atoms with Crippen LogP contribution in [0.2, 0.25) is 0 Å². The van der Waals surface area contributed by atoms with Crippen molar-refractivity contribution in [3.8, 4) is 0 Å². The molecule has 1 fully saturated rings. The third-order valence-electron chi connectivity index (χ3n) is 10.7. The van der Waals surface area contributed by atoms with Crippen LogP contribution in [0.4, 0.5) is 0 Å². The highest BCUT2D eigenvalue weighted by Crippen LogP contribution is 2.23.